The zero-order chi connectivity index (χ0) is 18.9. The highest BCUT2D eigenvalue weighted by molar-refractivity contribution is 6.29. The molecule has 2 aromatic rings. The zero-order valence-corrected chi connectivity index (χ0v) is 15.8. The van der Waals surface area contributed by atoms with E-state index in [1.807, 2.05) is 26.0 Å². The number of Topliss-reactive ketones (excluding diaryl/α,β-unsaturated/α-hetero) is 1. The summed E-state index contributed by atoms with van der Waals surface area (Å²) in [5, 5.41) is 9.97. The van der Waals surface area contributed by atoms with Crippen LogP contribution in [-0.4, -0.2) is 34.2 Å². The number of aromatic nitrogens is 1. The van der Waals surface area contributed by atoms with Crippen molar-refractivity contribution in [2.24, 2.45) is 4.99 Å². The molecule has 1 N–H and O–H groups in total. The van der Waals surface area contributed by atoms with Crippen LogP contribution in [0.1, 0.15) is 47.3 Å². The van der Waals surface area contributed by atoms with E-state index in [4.69, 9.17) is 21.3 Å². The third kappa shape index (κ3) is 3.79. The highest BCUT2D eigenvalue weighted by Crippen LogP contribution is 2.33. The van der Waals surface area contributed by atoms with Crippen LogP contribution in [0.4, 0.5) is 0 Å². The van der Waals surface area contributed by atoms with E-state index in [-0.39, 0.29) is 24.3 Å². The van der Waals surface area contributed by atoms with Gasteiger partial charge in [0.2, 0.25) is 0 Å². The van der Waals surface area contributed by atoms with Crippen molar-refractivity contribution >= 4 is 23.1 Å². The Morgan fingerprint density at radius 1 is 1.35 bits per heavy atom. The molecule has 136 valence electrons. The van der Waals surface area contributed by atoms with Gasteiger partial charge in [0.25, 0.3) is 0 Å². The number of aliphatic imine (C=N–C) groups is 1. The number of halogens is 1. The fraction of sp³-hybridized carbons (Fsp3) is 0.350. The molecule has 0 unspecified atom stereocenters. The number of hydrogen-bond donors (Lipinski definition) is 1. The van der Waals surface area contributed by atoms with Gasteiger partial charge in [-0.2, -0.15) is 0 Å². The average Bonchev–Trinajstić information content (AvgIpc) is 2.60. The number of aliphatic hydroxyl groups excluding tert-OH is 1. The predicted molar refractivity (Wildman–Crippen MR) is 101 cm³/mol. The molecule has 0 atom stereocenters. The third-order valence-electron chi connectivity index (χ3n) is 4.43. The number of carbonyl (C=O) groups excluding carboxylic acids is 1. The number of aliphatic hydroxyl groups is 1. The van der Waals surface area contributed by atoms with E-state index in [1.54, 1.807) is 19.2 Å². The minimum atomic E-state index is -0.313. The van der Waals surface area contributed by atoms with Gasteiger partial charge in [0, 0.05) is 17.3 Å². The summed E-state index contributed by atoms with van der Waals surface area (Å²) in [5.74, 6) is 0.578. The van der Waals surface area contributed by atoms with Gasteiger partial charge in [-0.3, -0.25) is 9.79 Å². The van der Waals surface area contributed by atoms with Crippen LogP contribution in [0.15, 0.2) is 35.5 Å². The molecular formula is C20H21ClN2O3. The van der Waals surface area contributed by atoms with Crippen molar-refractivity contribution in [2.45, 2.75) is 38.8 Å². The molecule has 1 aromatic carbocycles. The molecule has 0 amide bonds. The first-order valence-corrected chi connectivity index (χ1v) is 8.75. The van der Waals surface area contributed by atoms with Gasteiger partial charge in [-0.1, -0.05) is 11.6 Å². The summed E-state index contributed by atoms with van der Waals surface area (Å²) in [6.45, 7) is 3.94. The Bertz CT molecular complexity index is 873. The second-order valence-electron chi connectivity index (χ2n) is 7.00. The standard InChI is InChI=1S/C20H21ClN2O3/c1-20(2)9-13-7-18(26-3)14(11-24)6-15(13)16(23-20)8-17(25)12-4-5-19(21)22-10-12/h4-7,10,24H,8-9,11H2,1-3H3. The predicted octanol–water partition coefficient (Wildman–Crippen LogP) is 3.63. The van der Waals surface area contributed by atoms with E-state index in [1.165, 1.54) is 6.20 Å². The molecule has 0 saturated carbocycles. The van der Waals surface area contributed by atoms with Crippen LogP contribution in [-0.2, 0) is 13.0 Å². The Balaban J connectivity index is 1.99. The van der Waals surface area contributed by atoms with Crippen LogP contribution < -0.4 is 4.74 Å². The van der Waals surface area contributed by atoms with Crippen LogP contribution >= 0.6 is 11.6 Å². The van der Waals surface area contributed by atoms with E-state index >= 15 is 0 Å². The largest absolute Gasteiger partial charge is 0.496 e. The molecule has 0 spiro atoms. The first kappa shape index (κ1) is 18.5. The number of benzene rings is 1. The molecule has 2 heterocycles. The van der Waals surface area contributed by atoms with E-state index in [9.17, 15) is 9.90 Å². The number of hydrogen-bond acceptors (Lipinski definition) is 5. The van der Waals surface area contributed by atoms with Crippen molar-refractivity contribution in [3.8, 4) is 5.75 Å². The molecule has 0 radical (unpaired) electrons. The number of carbonyl (C=O) groups is 1. The average molecular weight is 373 g/mol. The second-order valence-corrected chi connectivity index (χ2v) is 7.38. The number of ether oxygens (including phenoxy) is 1. The molecule has 3 rings (SSSR count). The molecule has 0 saturated heterocycles. The molecule has 1 aromatic heterocycles. The Labute approximate surface area is 157 Å². The lowest BCUT2D eigenvalue weighted by Crippen LogP contribution is -2.30. The molecule has 5 nitrogen and oxygen atoms in total. The van der Waals surface area contributed by atoms with E-state index in [0.29, 0.717) is 27.7 Å². The molecular weight excluding hydrogens is 352 g/mol. The van der Waals surface area contributed by atoms with Gasteiger partial charge >= 0.3 is 0 Å². The Morgan fingerprint density at radius 2 is 2.12 bits per heavy atom. The highest BCUT2D eigenvalue weighted by atomic mass is 35.5. The van der Waals surface area contributed by atoms with E-state index in [0.717, 1.165) is 17.5 Å². The first-order chi connectivity index (χ1) is 12.3. The van der Waals surface area contributed by atoms with Crippen molar-refractivity contribution in [3.05, 3.63) is 57.9 Å². The van der Waals surface area contributed by atoms with Crippen molar-refractivity contribution in [3.63, 3.8) is 0 Å². The van der Waals surface area contributed by atoms with Crippen molar-refractivity contribution < 1.29 is 14.6 Å². The van der Waals surface area contributed by atoms with Gasteiger partial charge in [0.1, 0.15) is 10.9 Å². The number of pyridine rings is 1. The molecule has 6 heteroatoms. The number of ketones is 1. The monoisotopic (exact) mass is 372 g/mol. The SMILES string of the molecule is COc1cc2c(cc1CO)C(CC(=O)c1ccc(Cl)nc1)=NC(C)(C)C2. The molecule has 0 fully saturated rings. The van der Waals surface area contributed by atoms with Crippen molar-refractivity contribution in [2.75, 3.05) is 7.11 Å². The molecule has 26 heavy (non-hydrogen) atoms. The summed E-state index contributed by atoms with van der Waals surface area (Å²) in [5.41, 5.74) is 3.54. The number of fused-ring (bicyclic) bond motifs is 1. The maximum absolute atomic E-state index is 12.7. The summed E-state index contributed by atoms with van der Waals surface area (Å²) < 4.78 is 5.38. The second kappa shape index (κ2) is 7.17. The van der Waals surface area contributed by atoms with Gasteiger partial charge in [0.05, 0.1) is 31.4 Å². The molecule has 0 aliphatic carbocycles. The first-order valence-electron chi connectivity index (χ1n) is 8.37. The third-order valence-corrected chi connectivity index (χ3v) is 4.65. The minimum Gasteiger partial charge on any atom is -0.496 e. The minimum absolute atomic E-state index is 0.0714. The van der Waals surface area contributed by atoms with Crippen molar-refractivity contribution in [1.29, 1.82) is 0 Å². The summed E-state index contributed by atoms with van der Waals surface area (Å²) in [6.07, 6.45) is 2.38. The Hall–Kier alpha value is -2.24. The van der Waals surface area contributed by atoms with Gasteiger partial charge in [0.15, 0.2) is 5.78 Å². The zero-order valence-electron chi connectivity index (χ0n) is 15.0. The van der Waals surface area contributed by atoms with E-state index in [2.05, 4.69) is 4.98 Å². The Kier molecular flexibility index (Phi) is 5.12. The Morgan fingerprint density at radius 3 is 2.73 bits per heavy atom. The highest BCUT2D eigenvalue weighted by Gasteiger charge is 2.29. The quantitative estimate of drug-likeness (QED) is 0.642. The lowest BCUT2D eigenvalue weighted by Gasteiger charge is -2.30. The fourth-order valence-electron chi connectivity index (χ4n) is 3.26. The lowest BCUT2D eigenvalue weighted by atomic mass is 9.84. The van der Waals surface area contributed by atoms with Crippen LogP contribution in [0.3, 0.4) is 0 Å². The van der Waals surface area contributed by atoms with Gasteiger partial charge in [-0.15, -0.1) is 0 Å². The molecule has 0 bridgehead atoms. The smallest absolute Gasteiger partial charge is 0.170 e. The van der Waals surface area contributed by atoms with Gasteiger partial charge in [-0.05, 0) is 55.7 Å². The van der Waals surface area contributed by atoms with Crippen LogP contribution in [0.5, 0.6) is 5.75 Å². The maximum Gasteiger partial charge on any atom is 0.170 e. The van der Waals surface area contributed by atoms with Gasteiger partial charge < -0.3 is 9.84 Å². The normalized spacial score (nSPS) is 15.2. The summed E-state index contributed by atoms with van der Waals surface area (Å²) in [4.78, 5) is 21.5. The topological polar surface area (TPSA) is 71.8 Å². The number of methoxy groups -OCH3 is 1. The fourth-order valence-corrected chi connectivity index (χ4v) is 3.37. The maximum atomic E-state index is 12.7. The summed E-state index contributed by atoms with van der Waals surface area (Å²) in [7, 11) is 1.58. The summed E-state index contributed by atoms with van der Waals surface area (Å²) in [6, 6.07) is 7.08. The molecule has 1 aliphatic rings. The van der Waals surface area contributed by atoms with E-state index < -0.39 is 0 Å². The number of nitrogens with zero attached hydrogens (tertiary/aromatic N) is 2. The van der Waals surface area contributed by atoms with Gasteiger partial charge in [-0.25, -0.2) is 4.98 Å². The van der Waals surface area contributed by atoms with Crippen molar-refractivity contribution in [1.82, 2.24) is 4.98 Å². The molecule has 1 aliphatic heterocycles. The number of rotatable bonds is 5. The summed E-state index contributed by atoms with van der Waals surface area (Å²) >= 11 is 5.79. The van der Waals surface area contributed by atoms with Crippen LogP contribution in [0.25, 0.3) is 0 Å². The van der Waals surface area contributed by atoms with Crippen LogP contribution in [0.2, 0.25) is 5.15 Å². The van der Waals surface area contributed by atoms with Crippen LogP contribution in [0, 0.1) is 0 Å². The lowest BCUT2D eigenvalue weighted by molar-refractivity contribution is 0.1000.